The number of benzene rings is 3. The summed E-state index contributed by atoms with van der Waals surface area (Å²) < 4.78 is 24.2. The summed E-state index contributed by atoms with van der Waals surface area (Å²) in [5.74, 6) is -0.0257. The van der Waals surface area contributed by atoms with Gasteiger partial charge in [-0.25, -0.2) is 9.78 Å². The summed E-state index contributed by atoms with van der Waals surface area (Å²) in [7, 11) is 0. The first-order valence-electron chi connectivity index (χ1n) is 19.5. The van der Waals surface area contributed by atoms with E-state index in [1.165, 1.54) is 4.90 Å². The highest BCUT2D eigenvalue weighted by atomic mass is 35.5. The Morgan fingerprint density at radius 2 is 1.72 bits per heavy atom. The van der Waals surface area contributed by atoms with E-state index >= 15 is 0 Å². The number of hydrogen-bond acceptors (Lipinski definition) is 10. The van der Waals surface area contributed by atoms with Crippen LogP contribution in [-0.2, 0) is 35.6 Å². The summed E-state index contributed by atoms with van der Waals surface area (Å²) in [6, 6.07) is 20.2. The van der Waals surface area contributed by atoms with Crippen LogP contribution in [0.2, 0.25) is 5.02 Å². The predicted octanol–water partition coefficient (Wildman–Crippen LogP) is 7.49. The average Bonchev–Trinajstić information content (AvgIpc) is 3.59. The van der Waals surface area contributed by atoms with E-state index < -0.39 is 36.0 Å². The van der Waals surface area contributed by atoms with E-state index in [-0.39, 0.29) is 31.7 Å². The number of nitrogens with zero attached hydrogens (tertiary/aromatic N) is 4. The fraction of sp³-hybridized carbons (Fsp3) is 0.261. The van der Waals surface area contributed by atoms with Crippen LogP contribution in [0.3, 0.4) is 0 Å². The van der Waals surface area contributed by atoms with E-state index in [1.54, 1.807) is 38.5 Å². The van der Waals surface area contributed by atoms with Crippen LogP contribution in [0, 0.1) is 27.7 Å². The minimum Gasteiger partial charge on any atom is -0.489 e. The number of pyridine rings is 2. The molecule has 0 fully saturated rings. The summed E-state index contributed by atoms with van der Waals surface area (Å²) in [4.78, 5) is 55.2. The van der Waals surface area contributed by atoms with Gasteiger partial charge in [0, 0.05) is 56.2 Å². The quantitative estimate of drug-likeness (QED) is 0.133. The second kappa shape index (κ2) is 16.9. The number of carboxylic acid groups (broad SMARTS) is 1. The molecule has 14 heteroatoms. The van der Waals surface area contributed by atoms with Gasteiger partial charge in [0.15, 0.2) is 29.2 Å². The largest absolute Gasteiger partial charge is 0.489 e. The zero-order chi connectivity index (χ0) is 42.1. The third-order valence-corrected chi connectivity index (χ3v) is 11.1. The minimum absolute atomic E-state index is 0.0280. The summed E-state index contributed by atoms with van der Waals surface area (Å²) in [6.07, 6.45) is 4.74. The monoisotopic (exact) mass is 827 g/mol. The number of halogens is 1. The van der Waals surface area contributed by atoms with E-state index in [0.29, 0.717) is 40.5 Å². The summed E-state index contributed by atoms with van der Waals surface area (Å²) in [6.45, 7) is 7.82. The highest BCUT2D eigenvalue weighted by Crippen LogP contribution is 2.41. The Kier molecular flexibility index (Phi) is 11.3. The molecule has 3 aromatic carbocycles. The number of carbonyl (C=O) groups excluding carboxylic acids is 2. The Bertz CT molecular complexity index is 2590. The molecule has 2 amide bonds. The average molecular weight is 828 g/mol. The topological polar surface area (TPSA) is 166 Å². The SMILES string of the molecule is Cc1nc(C(=O)N2Cc3cc4c(cc3C[C@H]2C(=O)N[C@@H](Cc2ccc(-c3ccnc(C)c3C)cc2)C(=O)O)OC[C@H](c2ccc(OCc3cncc(Cl)c3)cc2)O4)c(C)o1. The molecular formula is C46H42ClN5O8. The maximum Gasteiger partial charge on any atom is 0.326 e. The van der Waals surface area contributed by atoms with E-state index in [0.717, 1.165) is 50.2 Å². The molecule has 8 rings (SSSR count). The minimum atomic E-state index is -1.26. The Morgan fingerprint density at radius 3 is 2.43 bits per heavy atom. The van der Waals surface area contributed by atoms with E-state index in [1.807, 2.05) is 80.6 Å². The molecule has 3 aromatic heterocycles. The maximum absolute atomic E-state index is 14.2. The number of aliphatic carboxylic acids is 1. The first kappa shape index (κ1) is 40.1. The summed E-state index contributed by atoms with van der Waals surface area (Å²) >= 11 is 6.05. The van der Waals surface area contributed by atoms with Crippen LogP contribution in [0.5, 0.6) is 17.2 Å². The number of nitrogens with one attached hydrogen (secondary N) is 1. The molecule has 2 aliphatic heterocycles. The van der Waals surface area contributed by atoms with Gasteiger partial charge in [0.05, 0.1) is 5.02 Å². The number of aryl methyl sites for hydroxylation is 3. The van der Waals surface area contributed by atoms with Gasteiger partial charge >= 0.3 is 5.97 Å². The number of carboxylic acids is 1. The molecule has 2 N–H and O–H groups in total. The van der Waals surface area contributed by atoms with Gasteiger partial charge in [-0.05, 0) is 96.1 Å². The second-order valence-electron chi connectivity index (χ2n) is 15.0. The molecule has 3 atom stereocenters. The van der Waals surface area contributed by atoms with Crippen molar-refractivity contribution in [2.45, 2.75) is 71.9 Å². The maximum atomic E-state index is 14.2. The Balaban J connectivity index is 0.997. The van der Waals surface area contributed by atoms with E-state index in [4.69, 9.17) is 30.2 Å². The lowest BCUT2D eigenvalue weighted by Gasteiger charge is -2.37. The van der Waals surface area contributed by atoms with Crippen LogP contribution in [-0.4, -0.2) is 61.4 Å². The fourth-order valence-corrected chi connectivity index (χ4v) is 7.78. The van der Waals surface area contributed by atoms with Crippen molar-refractivity contribution in [2.75, 3.05) is 6.61 Å². The number of aromatic nitrogens is 3. The van der Waals surface area contributed by atoms with Crippen molar-refractivity contribution in [3.05, 3.63) is 153 Å². The second-order valence-corrected chi connectivity index (χ2v) is 15.5. The number of ether oxygens (including phenoxy) is 3. The smallest absolute Gasteiger partial charge is 0.326 e. The fourth-order valence-electron chi connectivity index (χ4n) is 7.58. The normalized spacial score (nSPS) is 16.1. The molecule has 5 heterocycles. The van der Waals surface area contributed by atoms with Gasteiger partial charge < -0.3 is 34.0 Å². The van der Waals surface area contributed by atoms with Crippen LogP contribution < -0.4 is 19.5 Å². The van der Waals surface area contributed by atoms with Crippen molar-refractivity contribution in [1.29, 1.82) is 0 Å². The Labute approximate surface area is 351 Å². The molecule has 0 radical (unpaired) electrons. The number of oxazole rings is 1. The number of carbonyl (C=O) groups is 3. The molecule has 0 aliphatic carbocycles. The lowest BCUT2D eigenvalue weighted by molar-refractivity contribution is -0.142. The zero-order valence-corrected chi connectivity index (χ0v) is 34.2. The lowest BCUT2D eigenvalue weighted by atomic mass is 9.91. The number of fused-ring (bicyclic) bond motifs is 2. The van der Waals surface area contributed by atoms with Gasteiger partial charge in [0.1, 0.15) is 36.8 Å². The number of hydrogen-bond donors (Lipinski definition) is 2. The van der Waals surface area contributed by atoms with Crippen LogP contribution >= 0.6 is 11.6 Å². The van der Waals surface area contributed by atoms with Crippen LogP contribution in [0.4, 0.5) is 0 Å². The molecule has 0 unspecified atom stereocenters. The van der Waals surface area contributed by atoms with Crippen molar-refractivity contribution in [3.63, 3.8) is 0 Å². The molecule has 306 valence electrons. The molecule has 0 saturated carbocycles. The first-order chi connectivity index (χ1) is 28.9. The lowest BCUT2D eigenvalue weighted by Crippen LogP contribution is -2.56. The molecule has 60 heavy (non-hydrogen) atoms. The van der Waals surface area contributed by atoms with Crippen molar-refractivity contribution in [1.82, 2.24) is 25.2 Å². The molecule has 0 spiro atoms. The Hall–Kier alpha value is -6.73. The van der Waals surface area contributed by atoms with Crippen LogP contribution in [0.1, 0.15) is 67.3 Å². The third-order valence-electron chi connectivity index (χ3n) is 10.9. The molecule has 13 nitrogen and oxygen atoms in total. The number of amides is 2. The third kappa shape index (κ3) is 8.53. The van der Waals surface area contributed by atoms with Gasteiger partial charge in [-0.1, -0.05) is 48.0 Å². The zero-order valence-electron chi connectivity index (χ0n) is 33.4. The number of rotatable bonds is 11. The van der Waals surface area contributed by atoms with Crippen LogP contribution in [0.25, 0.3) is 11.1 Å². The molecule has 6 aromatic rings. The molecule has 0 bridgehead atoms. The molecular weight excluding hydrogens is 786 g/mol. The van der Waals surface area contributed by atoms with E-state index in [2.05, 4.69) is 20.3 Å². The van der Waals surface area contributed by atoms with Crippen LogP contribution in [0.15, 0.2) is 95.8 Å². The van der Waals surface area contributed by atoms with Crippen molar-refractivity contribution >= 4 is 29.4 Å². The molecule has 2 aliphatic rings. The van der Waals surface area contributed by atoms with Gasteiger partial charge in [-0.15, -0.1) is 0 Å². The van der Waals surface area contributed by atoms with Crippen molar-refractivity contribution in [3.8, 4) is 28.4 Å². The Morgan fingerprint density at radius 1 is 0.950 bits per heavy atom. The van der Waals surface area contributed by atoms with Gasteiger partial charge in [-0.3, -0.25) is 19.6 Å². The van der Waals surface area contributed by atoms with Gasteiger partial charge in [-0.2, -0.15) is 0 Å². The van der Waals surface area contributed by atoms with Gasteiger partial charge in [0.2, 0.25) is 5.91 Å². The first-order valence-corrected chi connectivity index (χ1v) is 19.8. The predicted molar refractivity (Wildman–Crippen MR) is 221 cm³/mol. The van der Waals surface area contributed by atoms with Gasteiger partial charge in [0.25, 0.3) is 5.91 Å². The standard InChI is InChI=1S/C46H42ClN5O8/c1-25-26(2)49-14-13-37(25)31-7-5-29(6-8-31)16-38(46(55)56)51-44(53)39-17-33-18-40-41(19-34(33)22-52(39)45(54)43-27(3)59-28(4)50-43)60-42(24-58-40)32-9-11-36(12-10-32)57-23-30-15-35(47)21-48-20-30/h5-15,18-21,38-39,42H,16-17,22-24H2,1-4H3,(H,51,53)(H,55,56)/t38-,39-,42+/m0/s1. The van der Waals surface area contributed by atoms with Crippen molar-refractivity contribution < 1.29 is 38.1 Å². The molecule has 0 saturated heterocycles. The highest BCUT2D eigenvalue weighted by molar-refractivity contribution is 6.30. The highest BCUT2D eigenvalue weighted by Gasteiger charge is 2.39. The summed E-state index contributed by atoms with van der Waals surface area (Å²) in [5, 5.41) is 13.6. The van der Waals surface area contributed by atoms with E-state index in [9.17, 15) is 19.5 Å². The van der Waals surface area contributed by atoms with Crippen molar-refractivity contribution in [2.24, 2.45) is 0 Å². The summed E-state index contributed by atoms with van der Waals surface area (Å²) in [5.41, 5.74) is 8.06.